The molecule has 106 valence electrons. The summed E-state index contributed by atoms with van der Waals surface area (Å²) in [7, 11) is 0. The molecule has 0 radical (unpaired) electrons. The highest BCUT2D eigenvalue weighted by Gasteiger charge is 2.34. The van der Waals surface area contributed by atoms with E-state index in [0.717, 1.165) is 18.4 Å². The van der Waals surface area contributed by atoms with E-state index in [2.05, 4.69) is 56.4 Å². The summed E-state index contributed by atoms with van der Waals surface area (Å²) in [6, 6.07) is 11.0. The van der Waals surface area contributed by atoms with Crippen molar-refractivity contribution in [2.24, 2.45) is 17.3 Å². The van der Waals surface area contributed by atoms with Crippen LogP contribution in [-0.4, -0.2) is 13.1 Å². The molecule has 1 aromatic carbocycles. The van der Waals surface area contributed by atoms with E-state index in [4.69, 9.17) is 0 Å². The molecule has 0 bridgehead atoms. The van der Waals surface area contributed by atoms with Gasteiger partial charge in [0.25, 0.3) is 0 Å². The van der Waals surface area contributed by atoms with Gasteiger partial charge in [-0.2, -0.15) is 0 Å². The number of rotatable bonds is 5. The number of benzene rings is 1. The molecular weight excluding hydrogens is 230 g/mol. The van der Waals surface area contributed by atoms with Gasteiger partial charge in [-0.25, -0.2) is 0 Å². The molecule has 19 heavy (non-hydrogen) atoms. The van der Waals surface area contributed by atoms with Crippen LogP contribution in [0.15, 0.2) is 30.3 Å². The maximum absolute atomic E-state index is 3.56. The molecule has 0 heterocycles. The fraction of sp³-hybridized carbons (Fsp3) is 0.667. The van der Waals surface area contributed by atoms with Crippen molar-refractivity contribution >= 4 is 0 Å². The summed E-state index contributed by atoms with van der Waals surface area (Å²) in [4.78, 5) is 0. The van der Waals surface area contributed by atoms with E-state index in [1.54, 1.807) is 0 Å². The molecule has 0 spiro atoms. The van der Waals surface area contributed by atoms with Crippen molar-refractivity contribution in [1.29, 1.82) is 0 Å². The first-order valence-electron chi connectivity index (χ1n) is 7.85. The maximum atomic E-state index is 3.56. The molecule has 1 aromatic rings. The van der Waals surface area contributed by atoms with Gasteiger partial charge >= 0.3 is 0 Å². The fourth-order valence-corrected chi connectivity index (χ4v) is 3.54. The third-order valence-electron chi connectivity index (χ3n) is 4.67. The Bertz CT molecular complexity index is 369. The molecule has 1 nitrogen and oxygen atoms in total. The van der Waals surface area contributed by atoms with Crippen LogP contribution in [-0.2, 0) is 6.42 Å². The average molecular weight is 259 g/mol. The van der Waals surface area contributed by atoms with Gasteiger partial charge in [0.1, 0.15) is 0 Å². The highest BCUT2D eigenvalue weighted by Crippen LogP contribution is 2.42. The predicted octanol–water partition coefficient (Wildman–Crippen LogP) is 4.28. The SMILES string of the molecule is CCNCC1CCC(C)(C)CC1Cc1ccccc1. The van der Waals surface area contributed by atoms with Crippen LogP contribution in [0, 0.1) is 17.3 Å². The van der Waals surface area contributed by atoms with Crippen LogP contribution < -0.4 is 5.32 Å². The van der Waals surface area contributed by atoms with Crippen molar-refractivity contribution in [2.45, 2.75) is 46.5 Å². The van der Waals surface area contributed by atoms with E-state index in [-0.39, 0.29) is 0 Å². The number of hydrogen-bond donors (Lipinski definition) is 1. The van der Waals surface area contributed by atoms with Crippen molar-refractivity contribution < 1.29 is 0 Å². The highest BCUT2D eigenvalue weighted by atomic mass is 14.8. The van der Waals surface area contributed by atoms with E-state index in [1.807, 2.05) is 0 Å². The van der Waals surface area contributed by atoms with Gasteiger partial charge in [-0.1, -0.05) is 51.1 Å². The normalized spacial score (nSPS) is 26.3. The first-order valence-corrected chi connectivity index (χ1v) is 7.85. The molecule has 2 unspecified atom stereocenters. The van der Waals surface area contributed by atoms with E-state index in [1.165, 1.54) is 37.8 Å². The zero-order valence-electron chi connectivity index (χ0n) is 12.8. The molecule has 2 atom stereocenters. The summed E-state index contributed by atoms with van der Waals surface area (Å²) in [6.07, 6.45) is 5.39. The molecule has 1 aliphatic carbocycles. The van der Waals surface area contributed by atoms with Crippen molar-refractivity contribution in [3.8, 4) is 0 Å². The van der Waals surface area contributed by atoms with Gasteiger partial charge < -0.3 is 5.32 Å². The summed E-state index contributed by atoms with van der Waals surface area (Å²) < 4.78 is 0. The van der Waals surface area contributed by atoms with Crippen molar-refractivity contribution in [3.05, 3.63) is 35.9 Å². The first-order chi connectivity index (χ1) is 9.11. The van der Waals surface area contributed by atoms with Crippen LogP contribution in [0.1, 0.15) is 45.6 Å². The molecule has 1 aliphatic rings. The summed E-state index contributed by atoms with van der Waals surface area (Å²) in [5.74, 6) is 1.69. The van der Waals surface area contributed by atoms with Crippen molar-refractivity contribution in [1.82, 2.24) is 5.32 Å². The minimum atomic E-state index is 0.530. The van der Waals surface area contributed by atoms with Crippen LogP contribution in [0.2, 0.25) is 0 Å². The van der Waals surface area contributed by atoms with E-state index >= 15 is 0 Å². The molecule has 1 fully saturated rings. The largest absolute Gasteiger partial charge is 0.317 e. The average Bonchev–Trinajstić information content (AvgIpc) is 2.38. The maximum Gasteiger partial charge on any atom is -0.00179 e. The van der Waals surface area contributed by atoms with Gasteiger partial charge in [0.15, 0.2) is 0 Å². The lowest BCUT2D eigenvalue weighted by Crippen LogP contribution is -2.36. The topological polar surface area (TPSA) is 12.0 Å². The number of hydrogen-bond acceptors (Lipinski definition) is 1. The zero-order chi connectivity index (χ0) is 13.7. The molecule has 2 rings (SSSR count). The van der Waals surface area contributed by atoms with Crippen LogP contribution in [0.25, 0.3) is 0 Å². The second-order valence-corrected chi connectivity index (χ2v) is 6.92. The van der Waals surface area contributed by atoms with Gasteiger partial charge in [0, 0.05) is 0 Å². The standard InChI is InChI=1S/C18H29N/c1-4-19-14-16-10-11-18(2,3)13-17(16)12-15-8-6-5-7-9-15/h5-9,16-17,19H,4,10-14H2,1-3H3. The van der Waals surface area contributed by atoms with Crippen LogP contribution in [0.5, 0.6) is 0 Å². The Hall–Kier alpha value is -0.820. The smallest absolute Gasteiger partial charge is 0.00179 e. The Kier molecular flexibility index (Phi) is 5.04. The predicted molar refractivity (Wildman–Crippen MR) is 83.3 cm³/mol. The Morgan fingerprint density at radius 3 is 2.58 bits per heavy atom. The lowest BCUT2D eigenvalue weighted by Gasteiger charge is -2.41. The molecule has 0 saturated heterocycles. The lowest BCUT2D eigenvalue weighted by molar-refractivity contribution is 0.116. The lowest BCUT2D eigenvalue weighted by atomic mass is 9.65. The first kappa shape index (κ1) is 14.6. The summed E-state index contributed by atoms with van der Waals surface area (Å²) >= 11 is 0. The van der Waals surface area contributed by atoms with Crippen molar-refractivity contribution in [3.63, 3.8) is 0 Å². The minimum absolute atomic E-state index is 0.530. The minimum Gasteiger partial charge on any atom is -0.317 e. The van der Waals surface area contributed by atoms with Gasteiger partial charge in [0.2, 0.25) is 0 Å². The Morgan fingerprint density at radius 1 is 1.16 bits per heavy atom. The molecular formula is C18H29N. The van der Waals surface area contributed by atoms with Gasteiger partial charge in [0.05, 0.1) is 0 Å². The molecule has 0 aliphatic heterocycles. The second-order valence-electron chi connectivity index (χ2n) is 6.92. The van der Waals surface area contributed by atoms with E-state index < -0.39 is 0 Å². The summed E-state index contributed by atoms with van der Waals surface area (Å²) in [6.45, 7) is 9.38. The Labute approximate surface area is 118 Å². The third-order valence-corrected chi connectivity index (χ3v) is 4.67. The molecule has 0 amide bonds. The number of nitrogens with one attached hydrogen (secondary N) is 1. The fourth-order valence-electron chi connectivity index (χ4n) is 3.54. The van der Waals surface area contributed by atoms with Gasteiger partial charge in [-0.15, -0.1) is 0 Å². The monoisotopic (exact) mass is 259 g/mol. The van der Waals surface area contributed by atoms with Crippen LogP contribution >= 0.6 is 0 Å². The molecule has 0 aromatic heterocycles. The zero-order valence-corrected chi connectivity index (χ0v) is 12.8. The second kappa shape index (κ2) is 6.56. The molecule has 1 heteroatoms. The van der Waals surface area contributed by atoms with E-state index in [0.29, 0.717) is 5.41 Å². The van der Waals surface area contributed by atoms with E-state index in [9.17, 15) is 0 Å². The Balaban J connectivity index is 2.02. The highest BCUT2D eigenvalue weighted by molar-refractivity contribution is 5.15. The Morgan fingerprint density at radius 2 is 1.89 bits per heavy atom. The third kappa shape index (κ3) is 4.35. The quantitative estimate of drug-likeness (QED) is 0.832. The molecule has 1 N–H and O–H groups in total. The van der Waals surface area contributed by atoms with Gasteiger partial charge in [-0.05, 0) is 61.6 Å². The summed E-state index contributed by atoms with van der Waals surface area (Å²) in [5, 5.41) is 3.56. The summed E-state index contributed by atoms with van der Waals surface area (Å²) in [5.41, 5.74) is 2.04. The van der Waals surface area contributed by atoms with Gasteiger partial charge in [-0.3, -0.25) is 0 Å². The van der Waals surface area contributed by atoms with Crippen LogP contribution in [0.4, 0.5) is 0 Å². The van der Waals surface area contributed by atoms with Crippen molar-refractivity contribution in [2.75, 3.05) is 13.1 Å². The molecule has 1 saturated carbocycles. The van der Waals surface area contributed by atoms with Crippen LogP contribution in [0.3, 0.4) is 0 Å².